The summed E-state index contributed by atoms with van der Waals surface area (Å²) in [7, 11) is 2.15. The molecule has 2 N–H and O–H groups in total. The molecule has 0 atom stereocenters. The van der Waals surface area contributed by atoms with E-state index in [0.717, 1.165) is 24.7 Å². The quantitative estimate of drug-likeness (QED) is 0.910. The first-order chi connectivity index (χ1) is 8.64. The van der Waals surface area contributed by atoms with E-state index in [1.807, 2.05) is 0 Å². The summed E-state index contributed by atoms with van der Waals surface area (Å²) >= 11 is 6.47. The van der Waals surface area contributed by atoms with Crippen LogP contribution >= 0.6 is 11.6 Å². The highest BCUT2D eigenvalue weighted by atomic mass is 35.5. The highest BCUT2D eigenvalue weighted by Gasteiger charge is 2.38. The van der Waals surface area contributed by atoms with Gasteiger partial charge in [-0.25, -0.2) is 0 Å². The van der Waals surface area contributed by atoms with E-state index in [1.54, 1.807) is 0 Å². The molecule has 3 heteroatoms. The summed E-state index contributed by atoms with van der Waals surface area (Å²) in [5, 5.41) is 0.935. The Hall–Kier alpha value is -0.570. The van der Waals surface area contributed by atoms with Crippen molar-refractivity contribution < 1.29 is 0 Å². The molecule has 0 aromatic heterocycles. The van der Waals surface area contributed by atoms with Crippen molar-refractivity contribution in [3.05, 3.63) is 34.3 Å². The number of rotatable bonds is 3. The molecule has 0 amide bonds. The second-order valence-electron chi connectivity index (χ2n) is 5.99. The van der Waals surface area contributed by atoms with Gasteiger partial charge in [-0.15, -0.1) is 0 Å². The Labute approximate surface area is 114 Å². The van der Waals surface area contributed by atoms with Gasteiger partial charge in [-0.1, -0.05) is 30.2 Å². The van der Waals surface area contributed by atoms with Gasteiger partial charge in [-0.05, 0) is 37.1 Å². The number of hydrogen-bond acceptors (Lipinski definition) is 2. The fraction of sp³-hybridized carbons (Fsp3) is 0.600. The van der Waals surface area contributed by atoms with Gasteiger partial charge in [-0.2, -0.15) is 0 Å². The van der Waals surface area contributed by atoms with E-state index in [-0.39, 0.29) is 5.41 Å². The molecule has 1 aliphatic heterocycles. The van der Waals surface area contributed by atoms with Crippen LogP contribution < -0.4 is 5.73 Å². The molecule has 2 fully saturated rings. The van der Waals surface area contributed by atoms with Crippen molar-refractivity contribution in [2.45, 2.75) is 30.6 Å². The van der Waals surface area contributed by atoms with Crippen LogP contribution in [0.2, 0.25) is 5.02 Å². The lowest BCUT2D eigenvalue weighted by atomic mass is 9.64. The fourth-order valence-corrected chi connectivity index (χ4v) is 3.63. The molecule has 1 aliphatic carbocycles. The molecule has 1 aromatic carbocycles. The molecule has 0 bridgehead atoms. The van der Waals surface area contributed by atoms with Crippen LogP contribution in [0.25, 0.3) is 0 Å². The number of halogens is 1. The van der Waals surface area contributed by atoms with Crippen molar-refractivity contribution in [1.82, 2.24) is 4.90 Å². The van der Waals surface area contributed by atoms with Crippen LogP contribution in [0.5, 0.6) is 0 Å². The van der Waals surface area contributed by atoms with E-state index < -0.39 is 0 Å². The maximum Gasteiger partial charge on any atom is 0.0444 e. The SMILES string of the molecule is CN1CC(c2ccc(C3(CN)CCC3)cc2Cl)C1. The van der Waals surface area contributed by atoms with Crippen LogP contribution in [0.1, 0.15) is 36.3 Å². The summed E-state index contributed by atoms with van der Waals surface area (Å²) in [5.74, 6) is 0.617. The Morgan fingerprint density at radius 3 is 2.56 bits per heavy atom. The fourth-order valence-electron chi connectivity index (χ4n) is 3.30. The zero-order valence-electron chi connectivity index (χ0n) is 11.0. The third-order valence-corrected chi connectivity index (χ3v) is 5.15. The van der Waals surface area contributed by atoms with Gasteiger partial charge in [0.25, 0.3) is 0 Å². The average molecular weight is 265 g/mol. The lowest BCUT2D eigenvalue weighted by molar-refractivity contribution is 0.189. The van der Waals surface area contributed by atoms with Crippen molar-refractivity contribution in [1.29, 1.82) is 0 Å². The minimum absolute atomic E-state index is 0.221. The van der Waals surface area contributed by atoms with Gasteiger partial charge in [0.05, 0.1) is 0 Å². The number of hydrogen-bond donors (Lipinski definition) is 1. The molecule has 1 heterocycles. The molecule has 2 nitrogen and oxygen atoms in total. The summed E-state index contributed by atoms with van der Waals surface area (Å²) in [6, 6.07) is 6.65. The lowest BCUT2D eigenvalue weighted by Gasteiger charge is -2.42. The number of likely N-dealkylation sites (N-methyl/N-ethyl adjacent to an activating group) is 1. The largest absolute Gasteiger partial charge is 0.330 e. The van der Waals surface area contributed by atoms with Gasteiger partial charge >= 0.3 is 0 Å². The molecule has 98 valence electrons. The van der Waals surface area contributed by atoms with Crippen molar-refractivity contribution in [2.24, 2.45) is 5.73 Å². The second-order valence-corrected chi connectivity index (χ2v) is 6.40. The van der Waals surface area contributed by atoms with Crippen molar-refractivity contribution in [3.8, 4) is 0 Å². The summed E-state index contributed by atoms with van der Waals surface area (Å²) < 4.78 is 0. The molecule has 1 aromatic rings. The number of benzene rings is 1. The van der Waals surface area contributed by atoms with Crippen molar-refractivity contribution in [3.63, 3.8) is 0 Å². The molecule has 0 unspecified atom stereocenters. The monoisotopic (exact) mass is 264 g/mol. The summed E-state index contributed by atoms with van der Waals surface area (Å²) in [4.78, 5) is 2.32. The van der Waals surface area contributed by atoms with Gasteiger partial charge < -0.3 is 10.6 Å². The standard InChI is InChI=1S/C15H21ClN2/c1-18-8-11(9-18)13-4-3-12(7-14(13)16)15(10-17)5-2-6-15/h3-4,7,11H,2,5-6,8-10,17H2,1H3. The topological polar surface area (TPSA) is 29.3 Å². The highest BCUT2D eigenvalue weighted by molar-refractivity contribution is 6.31. The van der Waals surface area contributed by atoms with E-state index >= 15 is 0 Å². The zero-order valence-corrected chi connectivity index (χ0v) is 11.7. The smallest absolute Gasteiger partial charge is 0.0444 e. The van der Waals surface area contributed by atoms with Gasteiger partial charge in [-0.3, -0.25) is 0 Å². The van der Waals surface area contributed by atoms with Crippen molar-refractivity contribution in [2.75, 3.05) is 26.7 Å². The summed E-state index contributed by atoms with van der Waals surface area (Å²) in [5.41, 5.74) is 8.83. The maximum atomic E-state index is 6.47. The van der Waals surface area contributed by atoms with Crippen molar-refractivity contribution >= 4 is 11.6 Å². The zero-order chi connectivity index (χ0) is 12.8. The van der Waals surface area contributed by atoms with Gasteiger partial charge in [0.2, 0.25) is 0 Å². The predicted molar refractivity (Wildman–Crippen MR) is 76.3 cm³/mol. The third-order valence-electron chi connectivity index (χ3n) is 4.82. The van der Waals surface area contributed by atoms with Crippen LogP contribution in [0.3, 0.4) is 0 Å². The molecule has 1 saturated heterocycles. The Morgan fingerprint density at radius 1 is 1.39 bits per heavy atom. The Balaban J connectivity index is 1.85. The third kappa shape index (κ3) is 1.87. The molecule has 1 saturated carbocycles. The van der Waals surface area contributed by atoms with Gasteiger partial charge in [0, 0.05) is 36.0 Å². The molecule has 18 heavy (non-hydrogen) atoms. The van der Waals surface area contributed by atoms with E-state index in [4.69, 9.17) is 17.3 Å². The van der Waals surface area contributed by atoms with Gasteiger partial charge in [0.15, 0.2) is 0 Å². The first-order valence-corrected chi connectivity index (χ1v) is 7.21. The number of nitrogens with two attached hydrogens (primary N) is 1. The van der Waals surface area contributed by atoms with Crippen LogP contribution in [-0.4, -0.2) is 31.6 Å². The molecular formula is C15H21ClN2. The molecular weight excluding hydrogens is 244 g/mol. The van der Waals surface area contributed by atoms with E-state index in [1.165, 1.54) is 30.4 Å². The normalized spacial score (nSPS) is 23.5. The first-order valence-electron chi connectivity index (χ1n) is 6.83. The Bertz CT molecular complexity index is 442. The summed E-state index contributed by atoms with van der Waals surface area (Å²) in [6.45, 7) is 3.00. The predicted octanol–water partition coefficient (Wildman–Crippen LogP) is 2.75. The average Bonchev–Trinajstić information content (AvgIpc) is 2.25. The molecule has 0 radical (unpaired) electrons. The van der Waals surface area contributed by atoms with Crippen LogP contribution in [-0.2, 0) is 5.41 Å². The molecule has 0 spiro atoms. The maximum absolute atomic E-state index is 6.47. The van der Waals surface area contributed by atoms with Crippen LogP contribution in [0.15, 0.2) is 18.2 Å². The highest BCUT2D eigenvalue weighted by Crippen LogP contribution is 2.44. The first kappa shape index (κ1) is 12.5. The second kappa shape index (κ2) is 4.52. The van der Waals surface area contributed by atoms with E-state index in [0.29, 0.717) is 5.92 Å². The van der Waals surface area contributed by atoms with Crippen LogP contribution in [0.4, 0.5) is 0 Å². The van der Waals surface area contributed by atoms with Crippen LogP contribution in [0, 0.1) is 0 Å². The van der Waals surface area contributed by atoms with E-state index in [2.05, 4.69) is 30.1 Å². The number of nitrogens with zero attached hydrogens (tertiary/aromatic N) is 1. The minimum atomic E-state index is 0.221. The Morgan fingerprint density at radius 2 is 2.11 bits per heavy atom. The summed E-state index contributed by atoms with van der Waals surface area (Å²) in [6.07, 6.45) is 3.72. The molecule has 2 aliphatic rings. The Kier molecular flexibility index (Phi) is 3.13. The van der Waals surface area contributed by atoms with E-state index in [9.17, 15) is 0 Å². The minimum Gasteiger partial charge on any atom is -0.330 e. The molecule has 3 rings (SSSR count). The van der Waals surface area contributed by atoms with Gasteiger partial charge in [0.1, 0.15) is 0 Å². The number of likely N-dealkylation sites (tertiary alicyclic amines) is 1. The lowest BCUT2D eigenvalue weighted by Crippen LogP contribution is -2.42.